The lowest BCUT2D eigenvalue weighted by Crippen LogP contribution is -2.06. The summed E-state index contributed by atoms with van der Waals surface area (Å²) in [6.45, 7) is 0. The lowest BCUT2D eigenvalue weighted by molar-refractivity contribution is -0.137. The highest BCUT2D eigenvalue weighted by Crippen LogP contribution is 2.29. The van der Waals surface area contributed by atoms with Crippen LogP contribution in [0.25, 0.3) is 0 Å². The zero-order valence-electron chi connectivity index (χ0n) is 9.93. The summed E-state index contributed by atoms with van der Waals surface area (Å²) in [6.07, 6.45) is -3.36. The van der Waals surface area contributed by atoms with E-state index in [1.807, 2.05) is 0 Å². The predicted molar refractivity (Wildman–Crippen MR) is 64.3 cm³/mol. The van der Waals surface area contributed by atoms with Gasteiger partial charge in [-0.1, -0.05) is 18.2 Å². The molecule has 0 saturated carbocycles. The van der Waals surface area contributed by atoms with Gasteiger partial charge < -0.3 is 5.11 Å². The molecule has 0 aliphatic heterocycles. The minimum atomic E-state index is -4.34. The third kappa shape index (κ3) is 3.54. The number of aromatic nitrogens is 1. The van der Waals surface area contributed by atoms with Crippen LogP contribution in [0, 0.1) is 0 Å². The van der Waals surface area contributed by atoms with Crippen LogP contribution in [-0.2, 0) is 12.6 Å². The lowest BCUT2D eigenvalue weighted by Gasteiger charge is -2.11. The van der Waals surface area contributed by atoms with Gasteiger partial charge in [0.2, 0.25) is 0 Å². The standard InChI is InChI=1S/C14H12F3NO/c15-14(16,17)11-6-4-10(5-7-11)9-13(19)12-3-1-2-8-18-12/h1-8,13,19H,9H2. The third-order valence-corrected chi connectivity index (χ3v) is 2.74. The molecular formula is C14H12F3NO. The second-order valence-corrected chi connectivity index (χ2v) is 4.17. The maximum atomic E-state index is 12.4. The van der Waals surface area contributed by atoms with E-state index in [4.69, 9.17) is 0 Å². The number of hydrogen-bond acceptors (Lipinski definition) is 2. The van der Waals surface area contributed by atoms with Crippen LogP contribution in [0.3, 0.4) is 0 Å². The second kappa shape index (κ2) is 5.40. The van der Waals surface area contributed by atoms with Crippen molar-refractivity contribution < 1.29 is 18.3 Å². The van der Waals surface area contributed by atoms with Gasteiger partial charge in [-0.3, -0.25) is 4.98 Å². The van der Waals surface area contributed by atoms with Crippen LogP contribution in [-0.4, -0.2) is 10.1 Å². The topological polar surface area (TPSA) is 33.1 Å². The van der Waals surface area contributed by atoms with Crippen molar-refractivity contribution in [3.63, 3.8) is 0 Å². The van der Waals surface area contributed by atoms with Crippen LogP contribution in [0.1, 0.15) is 22.9 Å². The summed E-state index contributed by atoms with van der Waals surface area (Å²) in [7, 11) is 0. The van der Waals surface area contributed by atoms with E-state index in [0.717, 1.165) is 12.1 Å². The van der Waals surface area contributed by atoms with Gasteiger partial charge in [-0.05, 0) is 29.8 Å². The van der Waals surface area contributed by atoms with Crippen molar-refractivity contribution in [2.45, 2.75) is 18.7 Å². The van der Waals surface area contributed by atoms with Gasteiger partial charge in [0.1, 0.15) is 0 Å². The van der Waals surface area contributed by atoms with E-state index >= 15 is 0 Å². The van der Waals surface area contributed by atoms with Gasteiger partial charge >= 0.3 is 6.18 Å². The lowest BCUT2D eigenvalue weighted by atomic mass is 10.0. The van der Waals surface area contributed by atoms with Gasteiger partial charge in [0.05, 0.1) is 17.4 Å². The van der Waals surface area contributed by atoms with Gasteiger partial charge in [-0.25, -0.2) is 0 Å². The minimum absolute atomic E-state index is 0.231. The van der Waals surface area contributed by atoms with Crippen LogP contribution in [0.2, 0.25) is 0 Å². The summed E-state index contributed by atoms with van der Waals surface area (Å²) in [6, 6.07) is 9.92. The van der Waals surface area contributed by atoms with E-state index in [1.165, 1.54) is 12.1 Å². The number of pyridine rings is 1. The van der Waals surface area contributed by atoms with E-state index in [1.54, 1.807) is 24.4 Å². The summed E-state index contributed by atoms with van der Waals surface area (Å²) >= 11 is 0. The molecular weight excluding hydrogens is 255 g/mol. The first kappa shape index (κ1) is 13.5. The molecule has 0 spiro atoms. The molecule has 2 rings (SSSR count). The van der Waals surface area contributed by atoms with Crippen LogP contribution in [0.15, 0.2) is 48.7 Å². The fraction of sp³-hybridized carbons (Fsp3) is 0.214. The number of benzene rings is 1. The van der Waals surface area contributed by atoms with Crippen LogP contribution < -0.4 is 0 Å². The van der Waals surface area contributed by atoms with E-state index in [0.29, 0.717) is 11.3 Å². The molecule has 1 atom stereocenters. The number of aliphatic hydroxyl groups excluding tert-OH is 1. The smallest absolute Gasteiger partial charge is 0.386 e. The Kier molecular flexibility index (Phi) is 3.85. The van der Waals surface area contributed by atoms with Crippen LogP contribution >= 0.6 is 0 Å². The molecule has 0 saturated heterocycles. The Morgan fingerprint density at radius 1 is 1.05 bits per heavy atom. The molecule has 1 unspecified atom stereocenters. The molecule has 0 aliphatic carbocycles. The van der Waals surface area contributed by atoms with Gasteiger partial charge in [0.25, 0.3) is 0 Å². The molecule has 100 valence electrons. The Morgan fingerprint density at radius 2 is 1.74 bits per heavy atom. The third-order valence-electron chi connectivity index (χ3n) is 2.74. The fourth-order valence-electron chi connectivity index (χ4n) is 1.73. The first-order valence-electron chi connectivity index (χ1n) is 5.72. The van der Waals surface area contributed by atoms with Crippen molar-refractivity contribution in [1.82, 2.24) is 4.98 Å². The molecule has 5 heteroatoms. The maximum Gasteiger partial charge on any atom is 0.416 e. The zero-order valence-corrected chi connectivity index (χ0v) is 9.93. The van der Waals surface area contributed by atoms with Gasteiger partial charge in [0, 0.05) is 12.6 Å². The van der Waals surface area contributed by atoms with E-state index in [-0.39, 0.29) is 6.42 Å². The molecule has 0 amide bonds. The van der Waals surface area contributed by atoms with Crippen molar-refractivity contribution in [1.29, 1.82) is 0 Å². The largest absolute Gasteiger partial charge is 0.416 e. The van der Waals surface area contributed by atoms with Crippen molar-refractivity contribution in [3.8, 4) is 0 Å². The maximum absolute atomic E-state index is 12.4. The van der Waals surface area contributed by atoms with Gasteiger partial charge in [-0.2, -0.15) is 13.2 Å². The molecule has 0 radical (unpaired) electrons. The molecule has 1 aromatic heterocycles. The van der Waals surface area contributed by atoms with E-state index < -0.39 is 17.8 Å². The zero-order chi connectivity index (χ0) is 13.9. The molecule has 1 aromatic carbocycles. The average molecular weight is 267 g/mol. The average Bonchev–Trinajstić information content (AvgIpc) is 2.39. The number of nitrogens with zero attached hydrogens (tertiary/aromatic N) is 1. The Bertz CT molecular complexity index is 523. The van der Waals surface area contributed by atoms with Crippen LogP contribution in [0.5, 0.6) is 0 Å². The normalized spacial score (nSPS) is 13.3. The monoisotopic (exact) mass is 267 g/mol. The number of alkyl halides is 3. The second-order valence-electron chi connectivity index (χ2n) is 4.17. The Morgan fingerprint density at radius 3 is 2.26 bits per heavy atom. The van der Waals surface area contributed by atoms with Crippen LogP contribution in [0.4, 0.5) is 13.2 Å². The van der Waals surface area contributed by atoms with Crippen molar-refractivity contribution in [3.05, 3.63) is 65.5 Å². The van der Waals surface area contributed by atoms with Gasteiger partial charge in [0.15, 0.2) is 0 Å². The Labute approximate surface area is 108 Å². The summed E-state index contributed by atoms with van der Waals surface area (Å²) in [5.74, 6) is 0. The van der Waals surface area contributed by atoms with E-state index in [2.05, 4.69) is 4.98 Å². The number of halogens is 3. The number of aliphatic hydroxyl groups is 1. The first-order valence-corrected chi connectivity index (χ1v) is 5.72. The van der Waals surface area contributed by atoms with Crippen molar-refractivity contribution in [2.75, 3.05) is 0 Å². The SMILES string of the molecule is OC(Cc1ccc(C(F)(F)F)cc1)c1ccccn1. The molecule has 2 nitrogen and oxygen atoms in total. The molecule has 0 aliphatic rings. The number of rotatable bonds is 3. The molecule has 0 bridgehead atoms. The highest BCUT2D eigenvalue weighted by Gasteiger charge is 2.29. The van der Waals surface area contributed by atoms with Gasteiger partial charge in [-0.15, -0.1) is 0 Å². The van der Waals surface area contributed by atoms with Crippen molar-refractivity contribution in [2.24, 2.45) is 0 Å². The minimum Gasteiger partial charge on any atom is -0.386 e. The Hall–Kier alpha value is -1.88. The molecule has 0 fully saturated rings. The summed E-state index contributed by atoms with van der Waals surface area (Å²) < 4.78 is 37.2. The summed E-state index contributed by atoms with van der Waals surface area (Å²) in [5, 5.41) is 9.92. The molecule has 19 heavy (non-hydrogen) atoms. The number of hydrogen-bond donors (Lipinski definition) is 1. The molecule has 2 aromatic rings. The predicted octanol–water partition coefficient (Wildman–Crippen LogP) is 3.38. The Balaban J connectivity index is 2.08. The fourth-order valence-corrected chi connectivity index (χ4v) is 1.73. The first-order chi connectivity index (χ1) is 8.97. The highest BCUT2D eigenvalue weighted by molar-refractivity contribution is 5.25. The van der Waals surface area contributed by atoms with E-state index in [9.17, 15) is 18.3 Å². The molecule has 1 N–H and O–H groups in total. The highest BCUT2D eigenvalue weighted by atomic mass is 19.4. The van der Waals surface area contributed by atoms with Crippen molar-refractivity contribution >= 4 is 0 Å². The summed E-state index contributed by atoms with van der Waals surface area (Å²) in [5.41, 5.74) is 0.442. The molecule has 1 heterocycles. The quantitative estimate of drug-likeness (QED) is 0.924. The summed E-state index contributed by atoms with van der Waals surface area (Å²) in [4.78, 5) is 4.00.